The van der Waals surface area contributed by atoms with Gasteiger partial charge in [0.25, 0.3) is 5.91 Å². The van der Waals surface area contributed by atoms with E-state index in [1.165, 1.54) is 6.26 Å². The molecule has 1 atom stereocenters. The summed E-state index contributed by atoms with van der Waals surface area (Å²) in [6.07, 6.45) is 0.624. The minimum absolute atomic E-state index is 0. The molecule has 1 heterocycles. The molecule has 0 fully saturated rings. The lowest BCUT2D eigenvalue weighted by Crippen LogP contribution is -2.28. The number of hydrogen-bond donors (Lipinski definition) is 3. The molecule has 0 saturated carbocycles. The number of carbonyl (C=O) groups excluding carboxylic acids is 1. The quantitative estimate of drug-likeness (QED) is 0.787. The summed E-state index contributed by atoms with van der Waals surface area (Å²) in [5, 5.41) is 12.8. The fraction of sp³-hybridized carbons (Fsp3) is 0.267. The second kappa shape index (κ2) is 7.83. The van der Waals surface area contributed by atoms with Crippen LogP contribution in [0.1, 0.15) is 33.3 Å². The third-order valence-electron chi connectivity index (χ3n) is 3.12. The molecule has 114 valence electrons. The number of rotatable bonds is 5. The maximum Gasteiger partial charge on any atom is 0.254 e. The SMILES string of the molecule is Cc1ccccc1C(O)CNC(=O)c1coc(CN)c1.Cl. The summed E-state index contributed by atoms with van der Waals surface area (Å²) in [5.74, 6) is 0.260. The van der Waals surface area contributed by atoms with Crippen molar-refractivity contribution in [3.05, 3.63) is 59.0 Å². The second-order valence-corrected chi connectivity index (χ2v) is 4.59. The molecule has 5 nitrogen and oxygen atoms in total. The third-order valence-corrected chi connectivity index (χ3v) is 3.12. The van der Waals surface area contributed by atoms with Crippen molar-refractivity contribution >= 4 is 18.3 Å². The molecule has 1 aromatic carbocycles. The highest BCUT2D eigenvalue weighted by atomic mass is 35.5. The Hall–Kier alpha value is -1.82. The first-order valence-electron chi connectivity index (χ1n) is 6.41. The summed E-state index contributed by atoms with van der Waals surface area (Å²) in [6.45, 7) is 2.32. The molecule has 0 aliphatic heterocycles. The number of nitrogens with one attached hydrogen (secondary N) is 1. The van der Waals surface area contributed by atoms with Crippen molar-refractivity contribution in [3.8, 4) is 0 Å². The molecule has 4 N–H and O–H groups in total. The Kier molecular flexibility index (Phi) is 6.42. The van der Waals surface area contributed by atoms with Crippen molar-refractivity contribution in [3.63, 3.8) is 0 Å². The number of furan rings is 1. The summed E-state index contributed by atoms with van der Waals surface area (Å²) < 4.78 is 5.10. The zero-order valence-electron chi connectivity index (χ0n) is 11.7. The van der Waals surface area contributed by atoms with E-state index in [1.54, 1.807) is 6.07 Å². The highest BCUT2D eigenvalue weighted by Gasteiger charge is 2.14. The van der Waals surface area contributed by atoms with Crippen molar-refractivity contribution in [1.29, 1.82) is 0 Å². The van der Waals surface area contributed by atoms with Crippen LogP contribution in [0.5, 0.6) is 0 Å². The monoisotopic (exact) mass is 310 g/mol. The van der Waals surface area contributed by atoms with E-state index >= 15 is 0 Å². The predicted molar refractivity (Wildman–Crippen MR) is 82.3 cm³/mol. The van der Waals surface area contributed by atoms with Gasteiger partial charge in [-0.1, -0.05) is 24.3 Å². The van der Waals surface area contributed by atoms with Crippen LogP contribution < -0.4 is 11.1 Å². The lowest BCUT2D eigenvalue weighted by atomic mass is 10.0. The molecule has 1 aromatic heterocycles. The number of carbonyl (C=O) groups is 1. The molecule has 6 heteroatoms. The minimum Gasteiger partial charge on any atom is -0.467 e. The normalized spacial score (nSPS) is 11.6. The number of aliphatic hydroxyl groups excluding tert-OH is 1. The van der Waals surface area contributed by atoms with E-state index in [1.807, 2.05) is 31.2 Å². The van der Waals surface area contributed by atoms with Gasteiger partial charge in [0.2, 0.25) is 0 Å². The fourth-order valence-corrected chi connectivity index (χ4v) is 1.97. The van der Waals surface area contributed by atoms with Gasteiger partial charge in [-0.25, -0.2) is 0 Å². The van der Waals surface area contributed by atoms with Crippen LogP contribution in [0.15, 0.2) is 41.0 Å². The van der Waals surface area contributed by atoms with E-state index in [2.05, 4.69) is 5.32 Å². The average Bonchev–Trinajstić information content (AvgIpc) is 2.94. The van der Waals surface area contributed by atoms with E-state index < -0.39 is 6.10 Å². The Morgan fingerprint density at radius 3 is 2.76 bits per heavy atom. The standard InChI is InChI=1S/C15H18N2O3.ClH/c1-10-4-2-3-5-13(10)14(18)8-17-15(19)11-6-12(7-16)20-9-11;/h2-6,9,14,18H,7-8,16H2,1H3,(H,17,19);1H. The van der Waals surface area contributed by atoms with Crippen molar-refractivity contribution in [1.82, 2.24) is 5.32 Å². The van der Waals surface area contributed by atoms with Gasteiger partial charge < -0.3 is 20.6 Å². The first-order valence-corrected chi connectivity index (χ1v) is 6.41. The maximum atomic E-state index is 11.9. The van der Waals surface area contributed by atoms with Crippen LogP contribution in [-0.2, 0) is 6.54 Å². The molecule has 1 unspecified atom stereocenters. The maximum absolute atomic E-state index is 11.9. The van der Waals surface area contributed by atoms with E-state index in [-0.39, 0.29) is 31.4 Å². The van der Waals surface area contributed by atoms with Crippen molar-refractivity contribution in [2.75, 3.05) is 6.54 Å². The number of halogens is 1. The molecule has 0 bridgehead atoms. The van der Waals surface area contributed by atoms with Crippen molar-refractivity contribution in [2.24, 2.45) is 5.73 Å². The zero-order valence-corrected chi connectivity index (χ0v) is 12.5. The Morgan fingerprint density at radius 1 is 1.43 bits per heavy atom. The first kappa shape index (κ1) is 17.2. The predicted octanol–water partition coefficient (Wildman–Crippen LogP) is 1.93. The third kappa shape index (κ3) is 4.32. The van der Waals surface area contributed by atoms with Gasteiger partial charge in [-0.15, -0.1) is 12.4 Å². The highest BCUT2D eigenvalue weighted by Crippen LogP contribution is 2.16. The molecular weight excluding hydrogens is 292 g/mol. The van der Waals surface area contributed by atoms with Gasteiger partial charge in [0, 0.05) is 6.54 Å². The molecule has 0 saturated heterocycles. The summed E-state index contributed by atoms with van der Waals surface area (Å²) in [4.78, 5) is 11.9. The van der Waals surface area contributed by atoms with Crippen LogP contribution in [0.25, 0.3) is 0 Å². The smallest absolute Gasteiger partial charge is 0.254 e. The van der Waals surface area contributed by atoms with Crippen molar-refractivity contribution in [2.45, 2.75) is 19.6 Å². The highest BCUT2D eigenvalue weighted by molar-refractivity contribution is 5.93. The van der Waals surface area contributed by atoms with Crippen LogP contribution in [0.3, 0.4) is 0 Å². The molecule has 2 aromatic rings. The summed E-state index contributed by atoms with van der Waals surface area (Å²) >= 11 is 0. The van der Waals surface area contributed by atoms with Gasteiger partial charge in [0.05, 0.1) is 18.2 Å². The van der Waals surface area contributed by atoms with Gasteiger partial charge in [-0.3, -0.25) is 4.79 Å². The molecular formula is C15H19ClN2O3. The van der Waals surface area contributed by atoms with E-state index in [0.717, 1.165) is 11.1 Å². The summed E-state index contributed by atoms with van der Waals surface area (Å²) in [7, 11) is 0. The Morgan fingerprint density at radius 2 is 2.14 bits per heavy atom. The van der Waals surface area contributed by atoms with E-state index in [0.29, 0.717) is 11.3 Å². The number of nitrogens with two attached hydrogens (primary N) is 1. The number of aliphatic hydroxyl groups is 1. The van der Waals surface area contributed by atoms with E-state index in [4.69, 9.17) is 10.2 Å². The number of aryl methyl sites for hydroxylation is 1. The largest absolute Gasteiger partial charge is 0.467 e. The Balaban J connectivity index is 0.00000220. The van der Waals surface area contributed by atoms with Gasteiger partial charge in [-0.2, -0.15) is 0 Å². The van der Waals surface area contributed by atoms with Gasteiger partial charge in [0.15, 0.2) is 0 Å². The molecule has 0 aliphatic carbocycles. The van der Waals surface area contributed by atoms with Gasteiger partial charge in [0.1, 0.15) is 12.0 Å². The fourth-order valence-electron chi connectivity index (χ4n) is 1.97. The molecule has 0 radical (unpaired) electrons. The number of benzene rings is 1. The zero-order chi connectivity index (χ0) is 14.5. The molecule has 1 amide bonds. The first-order chi connectivity index (χ1) is 9.61. The molecule has 2 rings (SSSR count). The van der Waals surface area contributed by atoms with Gasteiger partial charge >= 0.3 is 0 Å². The molecule has 0 spiro atoms. The number of amides is 1. The van der Waals surface area contributed by atoms with Crippen LogP contribution in [0, 0.1) is 6.92 Å². The van der Waals surface area contributed by atoms with Crippen molar-refractivity contribution < 1.29 is 14.3 Å². The lowest BCUT2D eigenvalue weighted by Gasteiger charge is -2.14. The van der Waals surface area contributed by atoms with Crippen LogP contribution in [0.4, 0.5) is 0 Å². The van der Waals surface area contributed by atoms with Crippen LogP contribution in [0.2, 0.25) is 0 Å². The van der Waals surface area contributed by atoms with E-state index in [9.17, 15) is 9.90 Å². The number of hydrogen-bond acceptors (Lipinski definition) is 4. The average molecular weight is 311 g/mol. The second-order valence-electron chi connectivity index (χ2n) is 4.59. The minimum atomic E-state index is -0.735. The van der Waals surface area contributed by atoms with Gasteiger partial charge in [-0.05, 0) is 24.1 Å². The lowest BCUT2D eigenvalue weighted by molar-refractivity contribution is 0.0915. The Labute approximate surface area is 129 Å². The molecule has 0 aliphatic rings. The summed E-state index contributed by atoms with van der Waals surface area (Å²) in [6, 6.07) is 9.12. The Bertz CT molecular complexity index is 598. The topological polar surface area (TPSA) is 88.5 Å². The molecule has 21 heavy (non-hydrogen) atoms. The van der Waals surface area contributed by atoms with Crippen LogP contribution >= 0.6 is 12.4 Å². The summed E-state index contributed by atoms with van der Waals surface area (Å²) in [5.41, 5.74) is 7.61. The van der Waals surface area contributed by atoms with Crippen LogP contribution in [-0.4, -0.2) is 17.6 Å².